The van der Waals surface area contributed by atoms with Crippen LogP contribution in [0, 0.1) is 12.8 Å². The second-order valence-corrected chi connectivity index (χ2v) is 1.51. The van der Waals surface area contributed by atoms with Crippen LogP contribution in [-0.2, 0) is 53.8 Å². The van der Waals surface area contributed by atoms with Crippen LogP contribution in [0.5, 0.6) is 0 Å². The summed E-state index contributed by atoms with van der Waals surface area (Å²) < 4.78 is 0. The fourth-order valence-electron chi connectivity index (χ4n) is 0. The molecule has 0 saturated heterocycles. The van der Waals surface area contributed by atoms with Gasteiger partial charge < -0.3 is 12.4 Å². The molecule has 0 saturated carbocycles. The summed E-state index contributed by atoms with van der Waals surface area (Å²) in [5.74, 6) is 0.634. The maximum atomic E-state index is 3.76. The SMILES string of the molecule is O.[CH2-]C(C)CC.[W].[Y]. The summed E-state index contributed by atoms with van der Waals surface area (Å²) >= 11 is 0. The van der Waals surface area contributed by atoms with Gasteiger partial charge in [0.25, 0.3) is 0 Å². The van der Waals surface area contributed by atoms with Crippen LogP contribution in [0.3, 0.4) is 0 Å². The molecule has 3 heteroatoms. The molecule has 0 spiro atoms. The van der Waals surface area contributed by atoms with E-state index in [0.29, 0.717) is 5.92 Å². The van der Waals surface area contributed by atoms with Crippen LogP contribution < -0.4 is 0 Å². The van der Waals surface area contributed by atoms with E-state index in [2.05, 4.69) is 20.8 Å². The van der Waals surface area contributed by atoms with Crippen LogP contribution in [0.2, 0.25) is 0 Å². The van der Waals surface area contributed by atoms with Crippen molar-refractivity contribution in [1.82, 2.24) is 0 Å². The molecule has 0 aromatic carbocycles. The summed E-state index contributed by atoms with van der Waals surface area (Å²) in [5, 5.41) is 0. The van der Waals surface area contributed by atoms with Crippen LogP contribution >= 0.6 is 0 Å². The van der Waals surface area contributed by atoms with Crippen molar-refractivity contribution in [3.05, 3.63) is 6.92 Å². The molecule has 0 aliphatic heterocycles. The molecule has 1 nitrogen and oxygen atoms in total. The van der Waals surface area contributed by atoms with E-state index in [4.69, 9.17) is 0 Å². The van der Waals surface area contributed by atoms with Gasteiger partial charge in [0.05, 0.1) is 0 Å². The van der Waals surface area contributed by atoms with Gasteiger partial charge in [-0.3, -0.25) is 0 Å². The predicted molar refractivity (Wildman–Crippen MR) is 28.4 cm³/mol. The maximum Gasteiger partial charge on any atom is 0 e. The molecular weight excluding hydrogens is 349 g/mol. The van der Waals surface area contributed by atoms with E-state index in [9.17, 15) is 0 Å². The van der Waals surface area contributed by atoms with E-state index in [1.807, 2.05) is 0 Å². The Hall–Kier alpha value is 1.75. The van der Waals surface area contributed by atoms with Crippen molar-refractivity contribution < 1.29 is 59.3 Å². The van der Waals surface area contributed by atoms with Gasteiger partial charge in [-0.15, -0.1) is 0 Å². The van der Waals surface area contributed by atoms with Crippen molar-refractivity contribution in [1.29, 1.82) is 0 Å². The van der Waals surface area contributed by atoms with E-state index in [1.165, 1.54) is 6.42 Å². The molecule has 1 unspecified atom stereocenters. The second kappa shape index (κ2) is 15.9. The maximum absolute atomic E-state index is 3.76. The smallest absolute Gasteiger partial charge is 0 e. The van der Waals surface area contributed by atoms with E-state index in [0.717, 1.165) is 0 Å². The Labute approximate surface area is 91.5 Å². The third-order valence-electron chi connectivity index (χ3n) is 0.697. The first-order valence-corrected chi connectivity index (χ1v) is 2.10. The minimum Gasteiger partial charge on any atom is -0.412 e. The first-order valence-electron chi connectivity index (χ1n) is 2.10. The molecule has 0 aliphatic rings. The Morgan fingerprint density at radius 3 is 1.62 bits per heavy atom. The Kier molecular flexibility index (Phi) is 44.9. The molecule has 1 radical (unpaired) electrons. The number of rotatable bonds is 1. The van der Waals surface area contributed by atoms with Gasteiger partial charge >= 0.3 is 0 Å². The second-order valence-electron chi connectivity index (χ2n) is 1.51. The molecule has 0 fully saturated rings. The first kappa shape index (κ1) is 22.6. The molecule has 0 heterocycles. The van der Waals surface area contributed by atoms with Gasteiger partial charge in [0.1, 0.15) is 0 Å². The molecule has 1 atom stereocenters. The molecule has 0 rings (SSSR count). The third-order valence-corrected chi connectivity index (χ3v) is 0.697. The zero-order valence-corrected chi connectivity index (χ0v) is 11.2. The van der Waals surface area contributed by atoms with Gasteiger partial charge in [0, 0.05) is 53.8 Å². The average molecular weight is 362 g/mol. The summed E-state index contributed by atoms with van der Waals surface area (Å²) in [6.45, 7) is 8.00. The van der Waals surface area contributed by atoms with E-state index >= 15 is 0 Å². The molecule has 0 aromatic heterocycles. The molecule has 2 N–H and O–H groups in total. The summed E-state index contributed by atoms with van der Waals surface area (Å²) in [7, 11) is 0. The number of hydrogen-bond donors (Lipinski definition) is 0. The topological polar surface area (TPSA) is 31.5 Å². The Morgan fingerprint density at radius 1 is 1.50 bits per heavy atom. The quantitative estimate of drug-likeness (QED) is 0.625. The monoisotopic (exact) mass is 362 g/mol. The van der Waals surface area contributed by atoms with Crippen LogP contribution in [0.15, 0.2) is 0 Å². The van der Waals surface area contributed by atoms with Gasteiger partial charge in [-0.25, -0.2) is 0 Å². The van der Waals surface area contributed by atoms with Gasteiger partial charge in [-0.2, -0.15) is 5.92 Å². The first-order chi connectivity index (χ1) is 2.27. The van der Waals surface area contributed by atoms with Gasteiger partial charge in [-0.05, 0) is 0 Å². The van der Waals surface area contributed by atoms with Crippen LogP contribution in [-0.4, -0.2) is 5.48 Å². The Balaban J connectivity index is -0.0000000267. The van der Waals surface area contributed by atoms with Gasteiger partial charge in [0.2, 0.25) is 0 Å². The fraction of sp³-hybridized carbons (Fsp3) is 0.800. The molecule has 0 aromatic rings. The predicted octanol–water partition coefficient (Wildman–Crippen LogP) is 1.04. The fourth-order valence-corrected chi connectivity index (χ4v) is 0. The van der Waals surface area contributed by atoms with Crippen LogP contribution in [0.4, 0.5) is 0 Å². The van der Waals surface area contributed by atoms with Crippen LogP contribution in [0.1, 0.15) is 20.3 Å². The standard InChI is InChI=1S/C5H11.H2O.W.Y/c1-4-5(2)3;;;/h5H,2,4H2,1,3H3;1H2;;/q-1;;;. The normalized spacial score (nSPS) is 9.38. The largest absolute Gasteiger partial charge is 0.412 e. The van der Waals surface area contributed by atoms with Gasteiger partial charge in [0.15, 0.2) is 0 Å². The Morgan fingerprint density at radius 2 is 1.62 bits per heavy atom. The molecule has 0 aliphatic carbocycles. The minimum atomic E-state index is 0. The summed E-state index contributed by atoms with van der Waals surface area (Å²) in [6, 6.07) is 0. The van der Waals surface area contributed by atoms with Gasteiger partial charge in [-0.1, -0.05) is 20.3 Å². The van der Waals surface area contributed by atoms with Crippen molar-refractivity contribution in [2.24, 2.45) is 5.92 Å². The van der Waals surface area contributed by atoms with E-state index < -0.39 is 0 Å². The van der Waals surface area contributed by atoms with E-state index in [1.54, 1.807) is 0 Å². The molecule has 8 heavy (non-hydrogen) atoms. The van der Waals surface area contributed by atoms with Crippen molar-refractivity contribution in [2.45, 2.75) is 20.3 Å². The zero-order chi connectivity index (χ0) is 4.28. The van der Waals surface area contributed by atoms with Crippen molar-refractivity contribution in [3.63, 3.8) is 0 Å². The molecule has 0 amide bonds. The average Bonchev–Trinajstić information content (AvgIpc) is 1.38. The van der Waals surface area contributed by atoms with Crippen molar-refractivity contribution in [3.8, 4) is 0 Å². The number of hydrogen-bond acceptors (Lipinski definition) is 0. The van der Waals surface area contributed by atoms with Crippen molar-refractivity contribution >= 4 is 0 Å². The minimum absolute atomic E-state index is 0. The molecule has 0 bridgehead atoms. The summed E-state index contributed by atoms with van der Waals surface area (Å²) in [5.41, 5.74) is 0. The van der Waals surface area contributed by atoms with E-state index in [-0.39, 0.29) is 59.3 Å². The molecule has 49 valence electrons. The van der Waals surface area contributed by atoms with Crippen LogP contribution in [0.25, 0.3) is 0 Å². The zero-order valence-electron chi connectivity index (χ0n) is 5.48. The third kappa shape index (κ3) is 25.1. The molecular formula is C5H13OWY-. The Bertz CT molecular complexity index is 26.4. The van der Waals surface area contributed by atoms with Crippen molar-refractivity contribution in [2.75, 3.05) is 0 Å². The summed E-state index contributed by atoms with van der Waals surface area (Å²) in [6.07, 6.45) is 1.19. The summed E-state index contributed by atoms with van der Waals surface area (Å²) in [4.78, 5) is 0.